The molecule has 1 saturated heterocycles. The van der Waals surface area contributed by atoms with Gasteiger partial charge in [0.15, 0.2) is 0 Å². The average molecular weight is 519 g/mol. The van der Waals surface area contributed by atoms with Crippen LogP contribution < -0.4 is 5.56 Å². The van der Waals surface area contributed by atoms with Crippen molar-refractivity contribution in [3.63, 3.8) is 0 Å². The first-order valence-corrected chi connectivity index (χ1v) is 13.9. The maximum Gasteiger partial charge on any atom is 0.341 e. The van der Waals surface area contributed by atoms with Gasteiger partial charge in [-0.05, 0) is 38.2 Å². The lowest BCUT2D eigenvalue weighted by Gasteiger charge is -2.25. The van der Waals surface area contributed by atoms with Crippen LogP contribution in [0.3, 0.4) is 0 Å². The summed E-state index contributed by atoms with van der Waals surface area (Å²) in [7, 11) is -1.59. The maximum atomic E-state index is 13.5. The van der Waals surface area contributed by atoms with Crippen molar-refractivity contribution in [3.05, 3.63) is 45.3 Å². The lowest BCUT2D eigenvalue weighted by molar-refractivity contribution is -0.0397. The highest BCUT2D eigenvalue weighted by Crippen LogP contribution is 2.29. The Balaban J connectivity index is 1.53. The second-order valence-corrected chi connectivity index (χ2v) is 11.2. The van der Waals surface area contributed by atoms with Gasteiger partial charge in [0.2, 0.25) is 10.0 Å². The summed E-state index contributed by atoms with van der Waals surface area (Å²) in [6.45, 7) is 3.12. The van der Waals surface area contributed by atoms with Crippen molar-refractivity contribution in [1.29, 1.82) is 0 Å². The van der Waals surface area contributed by atoms with Crippen molar-refractivity contribution in [2.24, 2.45) is 7.05 Å². The fourth-order valence-electron chi connectivity index (χ4n) is 5.02. The second kappa shape index (κ2) is 9.45. The summed E-state index contributed by atoms with van der Waals surface area (Å²) in [5, 5.41) is 9.69. The standard InChI is InChI=1S/C23H30N6O6S/c1-4-34-23(31)17-12-28(20-7-5-6-10-35-20)25-18(17)13-29-22(30)21-16(11-24-29)15-8-9-27(36(3,32)33)14-19(15)26(21)2/h11-12,20H,4-10,13-14H2,1-3H3. The first-order chi connectivity index (χ1) is 17.2. The van der Waals surface area contributed by atoms with Crippen LogP contribution in [0.1, 0.15) is 59.7 Å². The molecule has 5 rings (SSSR count). The number of esters is 1. The lowest BCUT2D eigenvalue weighted by atomic mass is 10.1. The highest BCUT2D eigenvalue weighted by atomic mass is 32.2. The minimum absolute atomic E-state index is 0.0199. The molecule has 0 saturated carbocycles. The Morgan fingerprint density at radius 2 is 2.11 bits per heavy atom. The molecule has 36 heavy (non-hydrogen) atoms. The number of fused-ring (bicyclic) bond motifs is 3. The van der Waals surface area contributed by atoms with Crippen molar-refractivity contribution < 1.29 is 22.7 Å². The van der Waals surface area contributed by atoms with E-state index in [4.69, 9.17) is 9.47 Å². The molecule has 3 aromatic rings. The van der Waals surface area contributed by atoms with E-state index in [0.29, 0.717) is 36.2 Å². The smallest absolute Gasteiger partial charge is 0.341 e. The Labute approximate surface area is 208 Å². The summed E-state index contributed by atoms with van der Waals surface area (Å²) < 4.78 is 41.3. The molecule has 0 bridgehead atoms. The third-order valence-corrected chi connectivity index (χ3v) is 8.14. The predicted octanol–water partition coefficient (Wildman–Crippen LogP) is 1.17. The van der Waals surface area contributed by atoms with Crippen molar-refractivity contribution in [2.45, 2.75) is 51.9 Å². The van der Waals surface area contributed by atoms with Crippen LogP contribution in [-0.4, -0.2) is 68.8 Å². The fourth-order valence-corrected chi connectivity index (χ4v) is 5.80. The van der Waals surface area contributed by atoms with E-state index in [0.717, 1.165) is 30.5 Å². The second-order valence-electron chi connectivity index (χ2n) is 9.21. The van der Waals surface area contributed by atoms with E-state index in [1.165, 1.54) is 15.2 Å². The van der Waals surface area contributed by atoms with Gasteiger partial charge >= 0.3 is 5.97 Å². The number of hydrogen-bond acceptors (Lipinski definition) is 8. The van der Waals surface area contributed by atoms with Crippen molar-refractivity contribution >= 4 is 26.9 Å². The van der Waals surface area contributed by atoms with Crippen LogP contribution in [0.5, 0.6) is 0 Å². The third-order valence-electron chi connectivity index (χ3n) is 6.89. The molecule has 1 unspecified atom stereocenters. The molecule has 1 fully saturated rings. The Hall–Kier alpha value is -3.03. The van der Waals surface area contributed by atoms with Gasteiger partial charge in [-0.2, -0.15) is 14.5 Å². The summed E-state index contributed by atoms with van der Waals surface area (Å²) in [5.41, 5.74) is 2.47. The zero-order valence-electron chi connectivity index (χ0n) is 20.6. The molecular formula is C23H30N6O6S. The fraction of sp³-hybridized carbons (Fsp3) is 0.565. The number of aromatic nitrogens is 5. The van der Waals surface area contributed by atoms with Crippen LogP contribution in [0, 0.1) is 0 Å². The SMILES string of the molecule is CCOC(=O)c1cn(C2CCCCO2)nc1Cn1ncc2c3c(n(C)c2c1=O)CN(S(C)(=O)=O)CC3. The molecule has 3 aromatic heterocycles. The van der Waals surface area contributed by atoms with Crippen LogP contribution in [0.2, 0.25) is 0 Å². The first kappa shape index (κ1) is 24.7. The molecular weight excluding hydrogens is 488 g/mol. The molecule has 13 heteroatoms. The molecule has 1 atom stereocenters. The van der Waals surface area contributed by atoms with Gasteiger partial charge in [0.05, 0.1) is 37.8 Å². The van der Waals surface area contributed by atoms with Crippen LogP contribution in [0.4, 0.5) is 0 Å². The van der Waals surface area contributed by atoms with E-state index in [1.54, 1.807) is 35.6 Å². The summed E-state index contributed by atoms with van der Waals surface area (Å²) >= 11 is 0. The van der Waals surface area contributed by atoms with Crippen molar-refractivity contribution in [1.82, 2.24) is 28.4 Å². The minimum atomic E-state index is -3.35. The first-order valence-electron chi connectivity index (χ1n) is 12.1. The van der Waals surface area contributed by atoms with Crippen LogP contribution in [0.25, 0.3) is 10.9 Å². The van der Waals surface area contributed by atoms with E-state index < -0.39 is 16.0 Å². The third kappa shape index (κ3) is 4.35. The normalized spacial score (nSPS) is 18.9. The van der Waals surface area contributed by atoms with Crippen molar-refractivity contribution in [2.75, 3.05) is 26.0 Å². The number of aryl methyl sites for hydroxylation is 1. The number of rotatable bonds is 6. The highest BCUT2D eigenvalue weighted by molar-refractivity contribution is 7.88. The van der Waals surface area contributed by atoms with Gasteiger partial charge in [-0.15, -0.1) is 0 Å². The average Bonchev–Trinajstić information content (AvgIpc) is 3.40. The summed E-state index contributed by atoms with van der Waals surface area (Å²) in [5.74, 6) is -0.515. The predicted molar refractivity (Wildman–Crippen MR) is 130 cm³/mol. The summed E-state index contributed by atoms with van der Waals surface area (Å²) in [4.78, 5) is 26.2. The van der Waals surface area contributed by atoms with Gasteiger partial charge in [-0.3, -0.25) is 4.79 Å². The van der Waals surface area contributed by atoms with Gasteiger partial charge in [0.25, 0.3) is 5.56 Å². The van der Waals surface area contributed by atoms with E-state index in [-0.39, 0.29) is 37.0 Å². The summed E-state index contributed by atoms with van der Waals surface area (Å²) in [6, 6.07) is 0. The molecule has 2 aliphatic rings. The van der Waals surface area contributed by atoms with Gasteiger partial charge in [-0.25, -0.2) is 22.6 Å². The largest absolute Gasteiger partial charge is 0.462 e. The van der Waals surface area contributed by atoms with E-state index in [1.807, 2.05) is 0 Å². The van der Waals surface area contributed by atoms with Crippen LogP contribution in [0.15, 0.2) is 17.2 Å². The lowest BCUT2D eigenvalue weighted by Crippen LogP contribution is -2.35. The minimum Gasteiger partial charge on any atom is -0.462 e. The maximum absolute atomic E-state index is 13.5. The Morgan fingerprint density at radius 3 is 2.81 bits per heavy atom. The number of ether oxygens (including phenoxy) is 2. The van der Waals surface area contributed by atoms with Gasteiger partial charge in [0.1, 0.15) is 17.3 Å². The zero-order chi connectivity index (χ0) is 25.6. The van der Waals surface area contributed by atoms with Crippen molar-refractivity contribution in [3.8, 4) is 0 Å². The molecule has 0 aliphatic carbocycles. The Morgan fingerprint density at radius 1 is 1.31 bits per heavy atom. The van der Waals surface area contributed by atoms with E-state index >= 15 is 0 Å². The number of nitrogens with zero attached hydrogens (tertiary/aromatic N) is 6. The Kier molecular flexibility index (Phi) is 6.47. The quantitative estimate of drug-likeness (QED) is 0.445. The molecule has 5 heterocycles. The van der Waals surface area contributed by atoms with Crippen LogP contribution >= 0.6 is 0 Å². The van der Waals surface area contributed by atoms with E-state index in [2.05, 4.69) is 10.2 Å². The molecule has 12 nitrogen and oxygen atoms in total. The number of sulfonamides is 1. The Bertz CT molecular complexity index is 1480. The number of hydrogen-bond donors (Lipinski definition) is 0. The van der Waals surface area contributed by atoms with Gasteiger partial charge in [0, 0.05) is 37.5 Å². The molecule has 2 aliphatic heterocycles. The topological polar surface area (TPSA) is 131 Å². The van der Waals surface area contributed by atoms with Crippen LogP contribution in [-0.2, 0) is 46.1 Å². The number of carbonyl (C=O) groups is 1. The molecule has 0 N–H and O–H groups in total. The van der Waals surface area contributed by atoms with E-state index in [9.17, 15) is 18.0 Å². The molecule has 0 aromatic carbocycles. The molecule has 0 amide bonds. The molecule has 194 valence electrons. The van der Waals surface area contributed by atoms with Gasteiger partial charge < -0.3 is 14.0 Å². The number of carbonyl (C=O) groups excluding carboxylic acids is 1. The zero-order valence-corrected chi connectivity index (χ0v) is 21.5. The molecule has 0 spiro atoms. The highest BCUT2D eigenvalue weighted by Gasteiger charge is 2.29. The molecule has 0 radical (unpaired) electrons. The monoisotopic (exact) mass is 518 g/mol. The summed E-state index contributed by atoms with van der Waals surface area (Å²) in [6.07, 6.45) is 7.44. The van der Waals surface area contributed by atoms with Gasteiger partial charge in [-0.1, -0.05) is 0 Å².